The summed E-state index contributed by atoms with van der Waals surface area (Å²) in [6.45, 7) is 3.72. The van der Waals surface area contributed by atoms with Crippen LogP contribution in [0.4, 0.5) is 8.78 Å². The molecule has 0 saturated heterocycles. The number of hydrogen-bond acceptors (Lipinski definition) is 2. The molecule has 0 radical (unpaired) electrons. The van der Waals surface area contributed by atoms with Crippen molar-refractivity contribution in [2.75, 3.05) is 0 Å². The second-order valence-electron chi connectivity index (χ2n) is 4.42. The Bertz CT molecular complexity index is 368. The average molecular weight is 273 g/mol. The third-order valence-corrected chi connectivity index (χ3v) is 2.70. The average Bonchev–Trinajstić information content (AvgIpc) is 2.35. The highest BCUT2D eigenvalue weighted by atomic mass is 19.1. The van der Waals surface area contributed by atoms with Gasteiger partial charge in [0.1, 0.15) is 11.6 Å². The van der Waals surface area contributed by atoms with Crippen molar-refractivity contribution >= 4 is 5.97 Å². The van der Waals surface area contributed by atoms with Gasteiger partial charge >= 0.3 is 5.97 Å². The van der Waals surface area contributed by atoms with Gasteiger partial charge in [-0.2, -0.15) is 0 Å². The third kappa shape index (κ3) is 9.13. The van der Waals surface area contributed by atoms with Gasteiger partial charge in [0.05, 0.1) is 5.92 Å². The molecular weight excluding hydrogens is 252 g/mol. The van der Waals surface area contributed by atoms with Gasteiger partial charge < -0.3 is 10.8 Å². The molecule has 0 heterocycles. The number of carboxylic acids is 1. The second-order valence-corrected chi connectivity index (χ2v) is 4.42. The Morgan fingerprint density at radius 2 is 1.84 bits per heavy atom. The number of halogens is 2. The summed E-state index contributed by atoms with van der Waals surface area (Å²) in [5.41, 5.74) is 5.63. The summed E-state index contributed by atoms with van der Waals surface area (Å²) in [4.78, 5) is 10.4. The highest BCUT2D eigenvalue weighted by Gasteiger charge is 2.11. The van der Waals surface area contributed by atoms with Gasteiger partial charge in [0.2, 0.25) is 0 Å². The van der Waals surface area contributed by atoms with E-state index in [0.29, 0.717) is 6.42 Å². The minimum Gasteiger partial charge on any atom is -0.481 e. The van der Waals surface area contributed by atoms with Gasteiger partial charge in [-0.3, -0.25) is 4.79 Å². The zero-order valence-corrected chi connectivity index (χ0v) is 11.3. The van der Waals surface area contributed by atoms with E-state index in [-0.39, 0.29) is 12.0 Å². The van der Waals surface area contributed by atoms with Crippen LogP contribution in [0.5, 0.6) is 0 Å². The van der Waals surface area contributed by atoms with Crippen LogP contribution < -0.4 is 5.73 Å². The highest BCUT2D eigenvalue weighted by molar-refractivity contribution is 5.69. The molecule has 3 N–H and O–H groups in total. The molecule has 0 spiro atoms. The Balaban J connectivity index is 0.000000356. The fraction of sp³-hybridized carbons (Fsp3) is 0.500. The van der Waals surface area contributed by atoms with Gasteiger partial charge in [-0.1, -0.05) is 19.9 Å². The molecule has 0 saturated carbocycles. The first-order chi connectivity index (χ1) is 8.86. The fourth-order valence-electron chi connectivity index (χ4n) is 1.25. The largest absolute Gasteiger partial charge is 0.481 e. The molecule has 108 valence electrons. The van der Waals surface area contributed by atoms with Crippen molar-refractivity contribution in [3.05, 3.63) is 35.9 Å². The van der Waals surface area contributed by atoms with Crippen LogP contribution in [0.15, 0.2) is 24.3 Å². The summed E-state index contributed by atoms with van der Waals surface area (Å²) in [6.07, 6.45) is 2.42. The monoisotopic (exact) mass is 273 g/mol. The van der Waals surface area contributed by atoms with Gasteiger partial charge in [0.25, 0.3) is 0 Å². The van der Waals surface area contributed by atoms with E-state index in [1.54, 1.807) is 6.92 Å². The number of carbonyl (C=O) groups is 1. The fourth-order valence-corrected chi connectivity index (χ4v) is 1.25. The van der Waals surface area contributed by atoms with Crippen LogP contribution >= 0.6 is 0 Å². The van der Waals surface area contributed by atoms with Gasteiger partial charge in [-0.05, 0) is 31.4 Å². The van der Waals surface area contributed by atoms with Crippen molar-refractivity contribution in [1.29, 1.82) is 0 Å². The van der Waals surface area contributed by atoms with E-state index >= 15 is 0 Å². The zero-order valence-electron chi connectivity index (χ0n) is 11.3. The zero-order chi connectivity index (χ0) is 14.8. The first-order valence-corrected chi connectivity index (χ1v) is 6.26. The number of aliphatic carboxylic acids is 1. The summed E-state index contributed by atoms with van der Waals surface area (Å²) < 4.78 is 23.9. The maximum absolute atomic E-state index is 11.9. The van der Waals surface area contributed by atoms with Crippen molar-refractivity contribution in [2.45, 2.75) is 39.2 Å². The minimum atomic E-state index is -0.728. The van der Waals surface area contributed by atoms with Crippen LogP contribution in [0.1, 0.15) is 33.1 Å². The molecule has 5 heteroatoms. The Hall–Kier alpha value is -1.49. The number of nitrogens with two attached hydrogens (primary N) is 1. The SMILES string of the molecule is CCC(N)CC[C@H](C)C(=O)O.Fc1cccc(F)c1. The van der Waals surface area contributed by atoms with Gasteiger partial charge in [0, 0.05) is 12.1 Å². The van der Waals surface area contributed by atoms with E-state index in [4.69, 9.17) is 10.8 Å². The van der Waals surface area contributed by atoms with Crippen molar-refractivity contribution in [3.63, 3.8) is 0 Å². The minimum absolute atomic E-state index is 0.164. The third-order valence-electron chi connectivity index (χ3n) is 2.70. The van der Waals surface area contributed by atoms with Gasteiger partial charge in [-0.25, -0.2) is 8.78 Å². The molecule has 0 bridgehead atoms. The molecule has 0 aromatic heterocycles. The first-order valence-electron chi connectivity index (χ1n) is 6.26. The molecule has 0 fully saturated rings. The topological polar surface area (TPSA) is 63.3 Å². The summed E-state index contributed by atoms with van der Waals surface area (Å²) in [5, 5.41) is 8.53. The van der Waals surface area contributed by atoms with Crippen LogP contribution in [-0.4, -0.2) is 17.1 Å². The van der Waals surface area contributed by atoms with Crippen molar-refractivity contribution in [3.8, 4) is 0 Å². The Morgan fingerprint density at radius 1 is 1.32 bits per heavy atom. The van der Waals surface area contributed by atoms with E-state index in [1.165, 1.54) is 18.2 Å². The van der Waals surface area contributed by atoms with E-state index in [0.717, 1.165) is 18.9 Å². The number of benzene rings is 1. The lowest BCUT2D eigenvalue weighted by molar-refractivity contribution is -0.141. The molecule has 1 aromatic carbocycles. The molecule has 2 atom stereocenters. The number of hydrogen-bond donors (Lipinski definition) is 2. The van der Waals surface area contributed by atoms with E-state index in [1.807, 2.05) is 6.92 Å². The first kappa shape index (κ1) is 17.5. The number of rotatable bonds is 5. The van der Waals surface area contributed by atoms with Crippen LogP contribution in [0.25, 0.3) is 0 Å². The van der Waals surface area contributed by atoms with E-state index < -0.39 is 17.6 Å². The highest BCUT2D eigenvalue weighted by Crippen LogP contribution is 2.08. The van der Waals surface area contributed by atoms with Crippen molar-refractivity contribution in [2.24, 2.45) is 11.7 Å². The molecular formula is C14H21F2NO2. The molecule has 0 aliphatic rings. The molecule has 1 aromatic rings. The normalized spacial score (nSPS) is 13.1. The smallest absolute Gasteiger partial charge is 0.306 e. The lowest BCUT2D eigenvalue weighted by Crippen LogP contribution is -2.21. The predicted molar refractivity (Wildman–Crippen MR) is 70.7 cm³/mol. The Morgan fingerprint density at radius 3 is 2.16 bits per heavy atom. The molecule has 0 aliphatic heterocycles. The van der Waals surface area contributed by atoms with Gasteiger partial charge in [0.15, 0.2) is 0 Å². The maximum Gasteiger partial charge on any atom is 0.306 e. The quantitative estimate of drug-likeness (QED) is 0.866. The second kappa shape index (κ2) is 9.44. The van der Waals surface area contributed by atoms with Crippen LogP contribution in [-0.2, 0) is 4.79 Å². The number of carboxylic acid groups (broad SMARTS) is 1. The predicted octanol–water partition coefficient (Wildman–Crippen LogP) is 3.19. The summed E-state index contributed by atoms with van der Waals surface area (Å²) in [7, 11) is 0. The summed E-state index contributed by atoms with van der Waals surface area (Å²) in [5.74, 6) is -2.06. The van der Waals surface area contributed by atoms with Crippen LogP contribution in [0.3, 0.4) is 0 Å². The summed E-state index contributed by atoms with van der Waals surface area (Å²) in [6, 6.07) is 4.72. The lowest BCUT2D eigenvalue weighted by Gasteiger charge is -2.10. The summed E-state index contributed by atoms with van der Waals surface area (Å²) >= 11 is 0. The Kier molecular flexibility index (Phi) is 8.70. The Labute approximate surface area is 112 Å². The molecule has 19 heavy (non-hydrogen) atoms. The van der Waals surface area contributed by atoms with Crippen LogP contribution in [0, 0.1) is 17.6 Å². The molecule has 0 amide bonds. The standard InChI is InChI=1S/C8H17NO2.C6H4F2/c1-3-7(9)5-4-6(2)8(10)11;7-5-2-1-3-6(8)4-5/h6-7H,3-5,9H2,1-2H3,(H,10,11);1-4H/t6-,7?;/m0./s1. The van der Waals surface area contributed by atoms with E-state index in [2.05, 4.69) is 0 Å². The van der Waals surface area contributed by atoms with Crippen LogP contribution in [0.2, 0.25) is 0 Å². The van der Waals surface area contributed by atoms with Crippen molar-refractivity contribution < 1.29 is 18.7 Å². The maximum atomic E-state index is 11.9. The van der Waals surface area contributed by atoms with E-state index in [9.17, 15) is 13.6 Å². The molecule has 1 rings (SSSR count). The van der Waals surface area contributed by atoms with Crippen molar-refractivity contribution in [1.82, 2.24) is 0 Å². The lowest BCUT2D eigenvalue weighted by atomic mass is 10.0. The molecule has 1 unspecified atom stereocenters. The molecule has 3 nitrogen and oxygen atoms in total. The van der Waals surface area contributed by atoms with Gasteiger partial charge in [-0.15, -0.1) is 0 Å². The molecule has 0 aliphatic carbocycles.